The average Bonchev–Trinajstić information content (AvgIpc) is 2.56. The zero-order valence-electron chi connectivity index (χ0n) is 13.0. The summed E-state index contributed by atoms with van der Waals surface area (Å²) < 4.78 is 11.0. The van der Waals surface area contributed by atoms with Crippen molar-refractivity contribution < 1.29 is 14.3 Å². The number of benzene rings is 2. The van der Waals surface area contributed by atoms with Crippen molar-refractivity contribution in [3.8, 4) is 17.2 Å². The Morgan fingerprint density at radius 2 is 1.88 bits per heavy atom. The van der Waals surface area contributed by atoms with Crippen LogP contribution in [0.4, 0.5) is 5.69 Å². The van der Waals surface area contributed by atoms with Crippen LogP contribution in [0.2, 0.25) is 10.2 Å². The van der Waals surface area contributed by atoms with E-state index in [4.69, 9.17) is 44.1 Å². The highest BCUT2D eigenvalue weighted by Gasteiger charge is 2.16. The first kappa shape index (κ1) is 17.1. The van der Waals surface area contributed by atoms with Gasteiger partial charge in [0.25, 0.3) is 5.91 Å². The summed E-state index contributed by atoms with van der Waals surface area (Å²) in [5.74, 6) is 0.520. The normalized spacial score (nSPS) is 10.7. The molecule has 0 aliphatic carbocycles. The van der Waals surface area contributed by atoms with E-state index in [0.717, 1.165) is 0 Å². The summed E-state index contributed by atoms with van der Waals surface area (Å²) in [5, 5.41) is 1.13. The van der Waals surface area contributed by atoms with Gasteiger partial charge in [-0.1, -0.05) is 23.2 Å². The molecule has 128 valence electrons. The first-order chi connectivity index (χ1) is 11.9. The Labute approximate surface area is 153 Å². The molecule has 0 bridgehead atoms. The largest absolute Gasteiger partial charge is 0.496 e. The number of hydrogen-bond acceptors (Lipinski definition) is 5. The SMILES string of the molecule is COc1cc2nc(Cl)cc(Oc3ccc(N)c(Cl)c3)c2cc1C(N)=O. The number of amides is 1. The smallest absolute Gasteiger partial charge is 0.252 e. The molecule has 4 N–H and O–H groups in total. The van der Waals surface area contributed by atoms with Crippen molar-refractivity contribution in [3.63, 3.8) is 0 Å². The van der Waals surface area contributed by atoms with Crippen molar-refractivity contribution in [2.24, 2.45) is 5.73 Å². The molecule has 0 aliphatic heterocycles. The van der Waals surface area contributed by atoms with E-state index in [1.807, 2.05) is 0 Å². The lowest BCUT2D eigenvalue weighted by molar-refractivity contribution is 0.0997. The van der Waals surface area contributed by atoms with Crippen LogP contribution in [0.15, 0.2) is 36.4 Å². The second kappa shape index (κ2) is 6.66. The van der Waals surface area contributed by atoms with Crippen molar-refractivity contribution >= 4 is 45.7 Å². The van der Waals surface area contributed by atoms with Crippen LogP contribution in [0.3, 0.4) is 0 Å². The standard InChI is InChI=1S/C17H13Cl2N3O3/c1-24-14-6-13-9(5-10(14)17(21)23)15(7-16(19)22-13)25-8-2-3-12(20)11(18)4-8/h2-7H,20H2,1H3,(H2,21,23). The number of aromatic nitrogens is 1. The molecule has 25 heavy (non-hydrogen) atoms. The van der Waals surface area contributed by atoms with Crippen molar-refractivity contribution in [1.82, 2.24) is 4.98 Å². The summed E-state index contributed by atoms with van der Waals surface area (Å²) in [5.41, 5.74) is 12.2. The van der Waals surface area contributed by atoms with Crippen LogP contribution in [0.25, 0.3) is 10.9 Å². The number of methoxy groups -OCH3 is 1. The third-order valence-corrected chi connectivity index (χ3v) is 4.05. The second-order valence-electron chi connectivity index (χ2n) is 5.16. The minimum absolute atomic E-state index is 0.208. The summed E-state index contributed by atoms with van der Waals surface area (Å²) in [7, 11) is 1.44. The average molecular weight is 378 g/mol. The summed E-state index contributed by atoms with van der Waals surface area (Å²) in [4.78, 5) is 15.9. The second-order valence-corrected chi connectivity index (χ2v) is 5.96. The van der Waals surface area contributed by atoms with Crippen molar-refractivity contribution in [2.45, 2.75) is 0 Å². The molecule has 0 aliphatic rings. The first-order valence-electron chi connectivity index (χ1n) is 7.10. The number of halogens is 2. The number of fused-ring (bicyclic) bond motifs is 1. The number of hydrogen-bond donors (Lipinski definition) is 2. The van der Waals surface area contributed by atoms with Gasteiger partial charge in [-0.25, -0.2) is 4.98 Å². The Kier molecular flexibility index (Phi) is 4.57. The highest BCUT2D eigenvalue weighted by molar-refractivity contribution is 6.33. The predicted octanol–water partition coefficient (Wildman–Crippen LogP) is 4.02. The molecule has 0 unspecified atom stereocenters. The number of anilines is 1. The topological polar surface area (TPSA) is 100 Å². The number of nitrogen functional groups attached to an aromatic ring is 1. The molecule has 3 rings (SSSR count). The minimum Gasteiger partial charge on any atom is -0.496 e. The number of rotatable bonds is 4. The lowest BCUT2D eigenvalue weighted by Crippen LogP contribution is -2.12. The van der Waals surface area contributed by atoms with Crippen LogP contribution in [0.1, 0.15) is 10.4 Å². The molecule has 0 saturated carbocycles. The lowest BCUT2D eigenvalue weighted by Gasteiger charge is -2.13. The van der Waals surface area contributed by atoms with E-state index in [0.29, 0.717) is 38.9 Å². The van der Waals surface area contributed by atoms with E-state index >= 15 is 0 Å². The molecule has 3 aromatic rings. The van der Waals surface area contributed by atoms with Crippen LogP contribution in [0.5, 0.6) is 17.2 Å². The van der Waals surface area contributed by atoms with E-state index in [-0.39, 0.29) is 10.7 Å². The fourth-order valence-corrected chi connectivity index (χ4v) is 2.70. The Hall–Kier alpha value is -2.70. The minimum atomic E-state index is -0.629. The number of carbonyl (C=O) groups is 1. The van der Waals surface area contributed by atoms with Gasteiger partial charge >= 0.3 is 0 Å². The Morgan fingerprint density at radius 3 is 2.52 bits per heavy atom. The van der Waals surface area contributed by atoms with E-state index in [9.17, 15) is 4.79 Å². The molecule has 1 aromatic heterocycles. The Morgan fingerprint density at radius 1 is 1.12 bits per heavy atom. The number of nitrogens with two attached hydrogens (primary N) is 2. The molecule has 0 atom stereocenters. The highest BCUT2D eigenvalue weighted by atomic mass is 35.5. The summed E-state index contributed by atoms with van der Waals surface area (Å²) in [6.45, 7) is 0. The molecule has 8 heteroatoms. The maximum absolute atomic E-state index is 11.7. The molecular weight excluding hydrogens is 365 g/mol. The Bertz CT molecular complexity index is 993. The molecule has 0 saturated heterocycles. The van der Waals surface area contributed by atoms with Gasteiger partial charge in [0, 0.05) is 23.6 Å². The third kappa shape index (κ3) is 3.40. The number of ether oxygens (including phenoxy) is 2. The molecule has 0 radical (unpaired) electrons. The number of pyridine rings is 1. The van der Waals surface area contributed by atoms with Crippen LogP contribution in [0, 0.1) is 0 Å². The van der Waals surface area contributed by atoms with Gasteiger partial charge in [-0.05, 0) is 18.2 Å². The van der Waals surface area contributed by atoms with Gasteiger partial charge in [-0.3, -0.25) is 4.79 Å². The van der Waals surface area contributed by atoms with Crippen LogP contribution >= 0.6 is 23.2 Å². The van der Waals surface area contributed by atoms with Crippen LogP contribution in [-0.2, 0) is 0 Å². The number of nitrogens with zero attached hydrogens (tertiary/aromatic N) is 1. The molecule has 2 aromatic carbocycles. The van der Waals surface area contributed by atoms with Gasteiger partial charge in [0.05, 0.1) is 28.9 Å². The lowest BCUT2D eigenvalue weighted by atomic mass is 10.1. The fraction of sp³-hybridized carbons (Fsp3) is 0.0588. The molecule has 6 nitrogen and oxygen atoms in total. The van der Waals surface area contributed by atoms with Gasteiger partial charge in [-0.15, -0.1) is 0 Å². The van der Waals surface area contributed by atoms with E-state index < -0.39 is 5.91 Å². The van der Waals surface area contributed by atoms with Crippen LogP contribution < -0.4 is 20.9 Å². The van der Waals surface area contributed by atoms with Crippen molar-refractivity contribution in [3.05, 3.63) is 52.1 Å². The van der Waals surface area contributed by atoms with Crippen LogP contribution in [-0.4, -0.2) is 18.0 Å². The van der Waals surface area contributed by atoms with Crippen molar-refractivity contribution in [1.29, 1.82) is 0 Å². The van der Waals surface area contributed by atoms with Gasteiger partial charge in [0.2, 0.25) is 0 Å². The molecule has 1 amide bonds. The van der Waals surface area contributed by atoms with E-state index in [1.54, 1.807) is 30.3 Å². The number of primary amides is 1. The zero-order chi connectivity index (χ0) is 18.1. The molecule has 0 spiro atoms. The zero-order valence-corrected chi connectivity index (χ0v) is 14.6. The highest BCUT2D eigenvalue weighted by Crippen LogP contribution is 2.36. The van der Waals surface area contributed by atoms with Gasteiger partial charge < -0.3 is 20.9 Å². The monoisotopic (exact) mass is 377 g/mol. The van der Waals surface area contributed by atoms with E-state index in [1.165, 1.54) is 13.2 Å². The van der Waals surface area contributed by atoms with Gasteiger partial charge in [-0.2, -0.15) is 0 Å². The van der Waals surface area contributed by atoms with Gasteiger partial charge in [0.15, 0.2) is 0 Å². The quantitative estimate of drug-likeness (QED) is 0.528. The molecule has 0 fully saturated rings. The van der Waals surface area contributed by atoms with Gasteiger partial charge in [0.1, 0.15) is 22.4 Å². The fourth-order valence-electron chi connectivity index (χ4n) is 2.34. The summed E-state index contributed by atoms with van der Waals surface area (Å²) in [6.07, 6.45) is 0. The summed E-state index contributed by atoms with van der Waals surface area (Å²) >= 11 is 12.1. The maximum atomic E-state index is 11.7. The molecular formula is C17H13Cl2N3O3. The maximum Gasteiger partial charge on any atom is 0.252 e. The Balaban J connectivity index is 2.17. The third-order valence-electron chi connectivity index (χ3n) is 3.53. The first-order valence-corrected chi connectivity index (χ1v) is 7.85. The predicted molar refractivity (Wildman–Crippen MR) is 97.8 cm³/mol. The van der Waals surface area contributed by atoms with E-state index in [2.05, 4.69) is 4.98 Å². The summed E-state index contributed by atoms with van der Waals surface area (Å²) in [6, 6.07) is 9.53. The number of carbonyl (C=O) groups excluding carboxylic acids is 1. The molecule has 1 heterocycles. The van der Waals surface area contributed by atoms with Crippen molar-refractivity contribution in [2.75, 3.05) is 12.8 Å².